The molecule has 1 aromatic carbocycles. The number of rotatable bonds is 4. The molecule has 2 atom stereocenters. The number of nitrogens with two attached hydrogens (primary N) is 1. The van der Waals surface area contributed by atoms with Crippen LogP contribution in [0.3, 0.4) is 0 Å². The van der Waals surface area contributed by atoms with Crippen LogP contribution in [-0.4, -0.2) is 43.2 Å². The highest BCUT2D eigenvalue weighted by atomic mass is 32.2. The third kappa shape index (κ3) is 2.93. The number of amides is 2. The Bertz CT molecular complexity index is 819. The van der Waals surface area contributed by atoms with E-state index in [1.807, 2.05) is 0 Å². The van der Waals surface area contributed by atoms with Crippen molar-refractivity contribution in [2.75, 3.05) is 6.54 Å². The Labute approximate surface area is 147 Å². The van der Waals surface area contributed by atoms with Crippen molar-refractivity contribution in [1.29, 1.82) is 0 Å². The average molecular weight is 365 g/mol. The molecule has 1 heterocycles. The summed E-state index contributed by atoms with van der Waals surface area (Å²) >= 11 is 0. The van der Waals surface area contributed by atoms with E-state index in [1.165, 1.54) is 18.2 Å². The zero-order valence-corrected chi connectivity index (χ0v) is 15.2. The first-order valence-corrected chi connectivity index (χ1v) is 9.95. The van der Waals surface area contributed by atoms with Crippen LogP contribution in [0.1, 0.15) is 53.8 Å². The summed E-state index contributed by atoms with van der Waals surface area (Å²) in [7, 11) is -3.91. The minimum atomic E-state index is -3.91. The van der Waals surface area contributed by atoms with Crippen LogP contribution in [0.2, 0.25) is 0 Å². The number of hydrogen-bond donors (Lipinski definition) is 2. The van der Waals surface area contributed by atoms with Gasteiger partial charge in [0.25, 0.3) is 21.8 Å². The molecule has 1 fully saturated rings. The lowest BCUT2D eigenvalue weighted by molar-refractivity contribution is 0.0845. The molecule has 0 bridgehead atoms. The van der Waals surface area contributed by atoms with Gasteiger partial charge in [-0.2, -0.15) is 0 Å². The van der Waals surface area contributed by atoms with Gasteiger partial charge < -0.3 is 11.1 Å². The second-order valence-electron chi connectivity index (χ2n) is 6.92. The van der Waals surface area contributed by atoms with Crippen molar-refractivity contribution in [2.45, 2.75) is 50.1 Å². The lowest BCUT2D eigenvalue weighted by Gasteiger charge is -2.19. The molecule has 7 nitrogen and oxygen atoms in total. The van der Waals surface area contributed by atoms with Crippen LogP contribution in [0, 0.1) is 5.92 Å². The molecule has 8 heteroatoms. The van der Waals surface area contributed by atoms with E-state index in [2.05, 4.69) is 5.32 Å². The molecule has 0 spiro atoms. The van der Waals surface area contributed by atoms with Crippen LogP contribution in [-0.2, 0) is 10.0 Å². The molecule has 3 rings (SSSR count). The maximum absolute atomic E-state index is 12.6. The third-order valence-electron chi connectivity index (χ3n) is 4.96. The van der Waals surface area contributed by atoms with Gasteiger partial charge in [0.15, 0.2) is 0 Å². The standard InChI is InChI=1S/C17H23N3O4S/c1-10(2)20-17(22)13-7-6-11(8-15(13)25(20,23)24)16(21)19-14-5-3-4-12(14)9-18/h6-8,10,12,14H,3-5,9,18H2,1-2H3,(H,19,21). The number of nitrogens with zero attached hydrogens (tertiary/aromatic N) is 1. The maximum Gasteiger partial charge on any atom is 0.269 e. The van der Waals surface area contributed by atoms with Crippen LogP contribution >= 0.6 is 0 Å². The minimum Gasteiger partial charge on any atom is -0.349 e. The quantitative estimate of drug-likeness (QED) is 0.830. The lowest BCUT2D eigenvalue weighted by Crippen LogP contribution is -2.39. The van der Waals surface area contributed by atoms with Gasteiger partial charge in [-0.15, -0.1) is 0 Å². The molecule has 1 saturated carbocycles. The molecule has 1 aliphatic heterocycles. The third-order valence-corrected chi connectivity index (χ3v) is 6.96. The summed E-state index contributed by atoms with van der Waals surface area (Å²) in [6.07, 6.45) is 2.87. The first kappa shape index (κ1) is 17.9. The van der Waals surface area contributed by atoms with E-state index in [-0.39, 0.29) is 33.9 Å². The second-order valence-corrected chi connectivity index (χ2v) is 8.70. The fraction of sp³-hybridized carbons (Fsp3) is 0.529. The average Bonchev–Trinajstić information content (AvgIpc) is 3.07. The number of hydrogen-bond acceptors (Lipinski definition) is 5. The first-order chi connectivity index (χ1) is 11.8. The SMILES string of the molecule is CC(C)N1C(=O)c2ccc(C(=O)NC3CCCC3CN)cc2S1(=O)=O. The Hall–Kier alpha value is -1.93. The first-order valence-electron chi connectivity index (χ1n) is 8.51. The van der Waals surface area contributed by atoms with Crippen LogP contribution < -0.4 is 11.1 Å². The molecule has 0 aromatic heterocycles. The fourth-order valence-corrected chi connectivity index (χ4v) is 5.45. The Morgan fingerprint density at radius 3 is 2.72 bits per heavy atom. The van der Waals surface area contributed by atoms with Crippen molar-refractivity contribution in [3.05, 3.63) is 29.3 Å². The van der Waals surface area contributed by atoms with E-state index in [0.29, 0.717) is 6.54 Å². The molecule has 3 N–H and O–H groups in total. The van der Waals surface area contributed by atoms with E-state index in [4.69, 9.17) is 5.73 Å². The number of carbonyl (C=O) groups is 2. The minimum absolute atomic E-state index is 0.0103. The Morgan fingerprint density at radius 1 is 1.36 bits per heavy atom. The van der Waals surface area contributed by atoms with Crippen LogP contribution in [0.4, 0.5) is 0 Å². The van der Waals surface area contributed by atoms with Crippen molar-refractivity contribution in [3.8, 4) is 0 Å². The number of carbonyl (C=O) groups excluding carboxylic acids is 2. The molecule has 25 heavy (non-hydrogen) atoms. The number of benzene rings is 1. The van der Waals surface area contributed by atoms with Gasteiger partial charge in [-0.05, 0) is 57.4 Å². The van der Waals surface area contributed by atoms with Crippen molar-refractivity contribution in [1.82, 2.24) is 9.62 Å². The van der Waals surface area contributed by atoms with Crippen LogP contribution in [0.25, 0.3) is 0 Å². The summed E-state index contributed by atoms with van der Waals surface area (Å²) in [5.41, 5.74) is 6.09. The summed E-state index contributed by atoms with van der Waals surface area (Å²) in [5, 5.41) is 2.95. The van der Waals surface area contributed by atoms with Gasteiger partial charge in [0.2, 0.25) is 0 Å². The van der Waals surface area contributed by atoms with E-state index in [1.54, 1.807) is 13.8 Å². The highest BCUT2D eigenvalue weighted by Gasteiger charge is 2.43. The van der Waals surface area contributed by atoms with E-state index in [0.717, 1.165) is 23.6 Å². The monoisotopic (exact) mass is 365 g/mol. The highest BCUT2D eigenvalue weighted by molar-refractivity contribution is 7.90. The molecule has 2 aliphatic rings. The molecular formula is C17H23N3O4S. The van der Waals surface area contributed by atoms with Crippen LogP contribution in [0.15, 0.2) is 23.1 Å². The number of sulfonamides is 1. The number of nitrogens with one attached hydrogen (secondary N) is 1. The molecule has 1 aromatic rings. The molecule has 0 radical (unpaired) electrons. The van der Waals surface area contributed by atoms with Crippen LogP contribution in [0.5, 0.6) is 0 Å². The molecular weight excluding hydrogens is 342 g/mol. The predicted octanol–water partition coefficient (Wildman–Crippen LogP) is 1.10. The topological polar surface area (TPSA) is 110 Å². The van der Waals surface area contributed by atoms with Gasteiger partial charge in [0, 0.05) is 17.6 Å². The van der Waals surface area contributed by atoms with Gasteiger partial charge in [-0.25, -0.2) is 12.7 Å². The van der Waals surface area contributed by atoms with Crippen molar-refractivity contribution in [3.63, 3.8) is 0 Å². The maximum atomic E-state index is 12.6. The molecule has 2 amide bonds. The Morgan fingerprint density at radius 2 is 2.08 bits per heavy atom. The van der Waals surface area contributed by atoms with Gasteiger partial charge in [-0.1, -0.05) is 6.42 Å². The molecule has 2 unspecified atom stereocenters. The normalized spacial score (nSPS) is 24.6. The lowest BCUT2D eigenvalue weighted by atomic mass is 10.0. The number of fused-ring (bicyclic) bond motifs is 1. The van der Waals surface area contributed by atoms with E-state index >= 15 is 0 Å². The summed E-state index contributed by atoms with van der Waals surface area (Å²) in [6, 6.07) is 3.74. The van der Waals surface area contributed by atoms with Gasteiger partial charge in [0.05, 0.1) is 5.56 Å². The van der Waals surface area contributed by atoms with Crippen molar-refractivity contribution < 1.29 is 18.0 Å². The Balaban J connectivity index is 1.89. The van der Waals surface area contributed by atoms with E-state index in [9.17, 15) is 18.0 Å². The second kappa shape index (κ2) is 6.42. The Kier molecular flexibility index (Phi) is 4.59. The zero-order chi connectivity index (χ0) is 18.4. The molecule has 136 valence electrons. The summed E-state index contributed by atoms with van der Waals surface area (Å²) < 4.78 is 26.1. The van der Waals surface area contributed by atoms with E-state index < -0.39 is 22.0 Å². The highest BCUT2D eigenvalue weighted by Crippen LogP contribution is 2.33. The van der Waals surface area contributed by atoms with Gasteiger partial charge in [0.1, 0.15) is 4.90 Å². The summed E-state index contributed by atoms with van der Waals surface area (Å²) in [5.74, 6) is -0.630. The molecule has 1 aliphatic carbocycles. The smallest absolute Gasteiger partial charge is 0.269 e. The largest absolute Gasteiger partial charge is 0.349 e. The van der Waals surface area contributed by atoms with Crippen molar-refractivity contribution >= 4 is 21.8 Å². The molecule has 0 saturated heterocycles. The van der Waals surface area contributed by atoms with Gasteiger partial charge >= 0.3 is 0 Å². The zero-order valence-electron chi connectivity index (χ0n) is 14.4. The van der Waals surface area contributed by atoms with Crippen molar-refractivity contribution in [2.24, 2.45) is 11.7 Å². The van der Waals surface area contributed by atoms with Gasteiger partial charge in [-0.3, -0.25) is 9.59 Å². The fourth-order valence-electron chi connectivity index (χ4n) is 3.66. The predicted molar refractivity (Wildman–Crippen MR) is 92.6 cm³/mol. The summed E-state index contributed by atoms with van der Waals surface area (Å²) in [6.45, 7) is 3.80. The summed E-state index contributed by atoms with van der Waals surface area (Å²) in [4.78, 5) is 24.8.